The first-order chi connectivity index (χ1) is 15.1. The fourth-order valence-corrected chi connectivity index (χ4v) is 5.13. The molecule has 0 saturated carbocycles. The summed E-state index contributed by atoms with van der Waals surface area (Å²) in [6, 6.07) is 4.13. The number of halogens is 2. The second-order valence-electron chi connectivity index (χ2n) is 8.87. The van der Waals surface area contributed by atoms with Crippen LogP contribution in [0.1, 0.15) is 39.0 Å². The predicted octanol–water partition coefficient (Wildman–Crippen LogP) is 2.74. The van der Waals surface area contributed by atoms with Gasteiger partial charge in [0.15, 0.2) is 5.96 Å². The summed E-state index contributed by atoms with van der Waals surface area (Å²) in [5.74, 6) is -0.227. The molecule has 0 radical (unpaired) electrons. The van der Waals surface area contributed by atoms with Crippen LogP contribution in [0, 0.1) is 11.6 Å². The molecule has 1 unspecified atom stereocenters. The van der Waals surface area contributed by atoms with Gasteiger partial charge in [0, 0.05) is 44.4 Å². The minimum absolute atomic E-state index is 0.0731. The van der Waals surface area contributed by atoms with E-state index in [1.54, 1.807) is 4.90 Å². The lowest BCUT2D eigenvalue weighted by atomic mass is 9.88. The number of para-hydroxylation sites is 1. The fraction of sp³-hybridized carbons (Fsp3) is 0.696. The highest BCUT2D eigenvalue weighted by atomic mass is 19.1. The van der Waals surface area contributed by atoms with Crippen molar-refractivity contribution in [3.05, 3.63) is 29.8 Å². The van der Waals surface area contributed by atoms with E-state index in [-0.39, 0.29) is 17.3 Å². The molecule has 3 heterocycles. The monoisotopic (exact) mass is 435 g/mol. The summed E-state index contributed by atoms with van der Waals surface area (Å²) in [7, 11) is 0. The largest absolute Gasteiger partial charge is 0.381 e. The first-order valence-electron chi connectivity index (χ1n) is 11.7. The van der Waals surface area contributed by atoms with E-state index >= 15 is 0 Å². The summed E-state index contributed by atoms with van der Waals surface area (Å²) in [5.41, 5.74) is 0.152. The topological polar surface area (TPSA) is 52.1 Å². The van der Waals surface area contributed by atoms with Crippen LogP contribution in [0.5, 0.6) is 0 Å². The highest BCUT2D eigenvalue weighted by Crippen LogP contribution is 2.32. The van der Waals surface area contributed by atoms with E-state index < -0.39 is 11.6 Å². The maximum atomic E-state index is 14.2. The maximum Gasteiger partial charge on any atom is 0.191 e. The molecule has 3 aliphatic rings. The first kappa shape index (κ1) is 22.3. The maximum absolute atomic E-state index is 14.2. The van der Waals surface area contributed by atoms with Crippen LogP contribution < -0.4 is 15.5 Å². The van der Waals surface area contributed by atoms with Gasteiger partial charge in [-0.05, 0) is 64.3 Å². The van der Waals surface area contributed by atoms with Crippen molar-refractivity contribution >= 4 is 11.6 Å². The van der Waals surface area contributed by atoms with Gasteiger partial charge in [0.25, 0.3) is 0 Å². The zero-order chi connectivity index (χ0) is 21.7. The Bertz CT molecular complexity index is 742. The summed E-state index contributed by atoms with van der Waals surface area (Å²) in [6.07, 6.45) is 5.35. The first-order valence-corrected chi connectivity index (χ1v) is 11.7. The molecule has 3 saturated heterocycles. The Morgan fingerprint density at radius 1 is 1.16 bits per heavy atom. The molecule has 8 heteroatoms. The van der Waals surface area contributed by atoms with Crippen molar-refractivity contribution in [3.8, 4) is 0 Å². The Labute approximate surface area is 184 Å². The van der Waals surface area contributed by atoms with Gasteiger partial charge in [-0.3, -0.25) is 9.89 Å². The Morgan fingerprint density at radius 2 is 1.87 bits per heavy atom. The molecule has 3 aliphatic heterocycles. The summed E-state index contributed by atoms with van der Waals surface area (Å²) in [6.45, 7) is 8.60. The van der Waals surface area contributed by atoms with Crippen molar-refractivity contribution in [2.45, 2.75) is 50.6 Å². The lowest BCUT2D eigenvalue weighted by molar-refractivity contribution is -0.0139. The number of nitrogens with one attached hydrogen (secondary N) is 2. The van der Waals surface area contributed by atoms with Gasteiger partial charge in [0.1, 0.15) is 17.3 Å². The Morgan fingerprint density at radius 3 is 2.55 bits per heavy atom. The molecule has 0 aromatic heterocycles. The molecule has 6 nitrogen and oxygen atoms in total. The van der Waals surface area contributed by atoms with Crippen molar-refractivity contribution in [3.63, 3.8) is 0 Å². The number of aliphatic imine (C=N–C) groups is 1. The average molecular weight is 436 g/mol. The van der Waals surface area contributed by atoms with Gasteiger partial charge < -0.3 is 20.3 Å². The van der Waals surface area contributed by atoms with Crippen LogP contribution in [0.25, 0.3) is 0 Å². The summed E-state index contributed by atoms with van der Waals surface area (Å²) in [4.78, 5) is 9.38. The molecule has 31 heavy (non-hydrogen) atoms. The molecule has 1 aromatic rings. The quantitative estimate of drug-likeness (QED) is 0.532. The van der Waals surface area contributed by atoms with Gasteiger partial charge in [0.05, 0.1) is 6.54 Å². The lowest BCUT2D eigenvalue weighted by Crippen LogP contribution is -2.54. The fourth-order valence-electron chi connectivity index (χ4n) is 5.13. The number of hydrogen-bond donors (Lipinski definition) is 2. The van der Waals surface area contributed by atoms with E-state index in [0.29, 0.717) is 13.1 Å². The van der Waals surface area contributed by atoms with E-state index in [2.05, 4.69) is 22.5 Å². The normalized spacial score (nSPS) is 24.5. The number of hydrogen-bond acceptors (Lipinski definition) is 4. The molecule has 2 N–H and O–H groups in total. The van der Waals surface area contributed by atoms with Gasteiger partial charge in [-0.15, -0.1) is 0 Å². The molecule has 4 rings (SSSR count). The number of likely N-dealkylation sites (tertiary alicyclic amines) is 1. The highest BCUT2D eigenvalue weighted by molar-refractivity contribution is 5.80. The standard InChI is InChI=1S/C23H35F2N5O/c1-2-26-22(27-17-23(9-14-31-15-10-23)30-11-3-4-12-30)28-18-8-13-29(16-18)21-19(24)6-5-7-20(21)25/h5-7,18H,2-4,8-17H2,1H3,(H2,26,27,28). The van der Waals surface area contributed by atoms with Crippen LogP contribution in [-0.4, -0.2) is 74.9 Å². The van der Waals surface area contributed by atoms with E-state index in [1.807, 2.05) is 0 Å². The zero-order valence-corrected chi connectivity index (χ0v) is 18.5. The zero-order valence-electron chi connectivity index (χ0n) is 18.5. The van der Waals surface area contributed by atoms with Crippen LogP contribution in [-0.2, 0) is 4.74 Å². The minimum atomic E-state index is -0.506. The van der Waals surface area contributed by atoms with E-state index in [1.165, 1.54) is 31.0 Å². The minimum Gasteiger partial charge on any atom is -0.381 e. The van der Waals surface area contributed by atoms with Gasteiger partial charge >= 0.3 is 0 Å². The second-order valence-corrected chi connectivity index (χ2v) is 8.87. The molecule has 1 aromatic carbocycles. The summed E-state index contributed by atoms with van der Waals surface area (Å²) < 4.78 is 34.0. The van der Waals surface area contributed by atoms with Crippen LogP contribution in [0.3, 0.4) is 0 Å². The summed E-state index contributed by atoms with van der Waals surface area (Å²) in [5, 5.41) is 6.86. The van der Waals surface area contributed by atoms with Crippen LogP contribution in [0.2, 0.25) is 0 Å². The molecule has 1 atom stereocenters. The highest BCUT2D eigenvalue weighted by Gasteiger charge is 2.39. The van der Waals surface area contributed by atoms with Crippen molar-refractivity contribution in [2.75, 3.05) is 57.4 Å². The summed E-state index contributed by atoms with van der Waals surface area (Å²) >= 11 is 0. The number of nitrogens with zero attached hydrogens (tertiary/aromatic N) is 3. The predicted molar refractivity (Wildman–Crippen MR) is 120 cm³/mol. The molecule has 0 aliphatic carbocycles. The van der Waals surface area contributed by atoms with Gasteiger partial charge in [0.2, 0.25) is 0 Å². The van der Waals surface area contributed by atoms with Crippen molar-refractivity contribution in [2.24, 2.45) is 4.99 Å². The third kappa shape index (κ3) is 5.12. The number of anilines is 1. The van der Waals surface area contributed by atoms with Gasteiger partial charge in [-0.25, -0.2) is 8.78 Å². The average Bonchev–Trinajstić information content (AvgIpc) is 3.46. The molecular weight excluding hydrogens is 400 g/mol. The Balaban J connectivity index is 1.42. The van der Waals surface area contributed by atoms with Gasteiger partial charge in [-0.1, -0.05) is 6.07 Å². The SMILES string of the molecule is CCNC(=NCC1(N2CCCC2)CCOCC1)NC1CCN(c2c(F)cccc2F)C1. The number of ether oxygens (including phenoxy) is 1. The third-order valence-corrected chi connectivity index (χ3v) is 6.86. The number of benzene rings is 1. The number of rotatable bonds is 6. The molecule has 3 fully saturated rings. The lowest BCUT2D eigenvalue weighted by Gasteiger charge is -2.43. The van der Waals surface area contributed by atoms with Crippen LogP contribution in [0.4, 0.5) is 14.5 Å². The van der Waals surface area contributed by atoms with Gasteiger partial charge in [-0.2, -0.15) is 0 Å². The van der Waals surface area contributed by atoms with Crippen molar-refractivity contribution in [1.29, 1.82) is 0 Å². The Kier molecular flexibility index (Phi) is 7.27. The molecule has 0 bridgehead atoms. The Hall–Kier alpha value is -1.93. The third-order valence-electron chi connectivity index (χ3n) is 6.86. The van der Waals surface area contributed by atoms with Crippen molar-refractivity contribution < 1.29 is 13.5 Å². The molecule has 0 spiro atoms. The molecule has 0 amide bonds. The van der Waals surface area contributed by atoms with Crippen molar-refractivity contribution in [1.82, 2.24) is 15.5 Å². The van der Waals surface area contributed by atoms with E-state index in [9.17, 15) is 8.78 Å². The van der Waals surface area contributed by atoms with Crippen LogP contribution in [0.15, 0.2) is 23.2 Å². The van der Waals surface area contributed by atoms with E-state index in [4.69, 9.17) is 9.73 Å². The molecular formula is C23H35F2N5O. The smallest absolute Gasteiger partial charge is 0.191 e. The second kappa shape index (κ2) is 10.1. The van der Waals surface area contributed by atoms with Crippen LogP contribution >= 0.6 is 0 Å². The number of guanidine groups is 1. The molecule has 172 valence electrons. The van der Waals surface area contributed by atoms with E-state index in [0.717, 1.165) is 64.6 Å².